The molecule has 3 nitrogen and oxygen atoms in total. The van der Waals surface area contributed by atoms with Gasteiger partial charge in [-0.2, -0.15) is 0 Å². The quantitative estimate of drug-likeness (QED) is 0.800. The van der Waals surface area contributed by atoms with E-state index in [-0.39, 0.29) is 0 Å². The van der Waals surface area contributed by atoms with Crippen LogP contribution in [-0.4, -0.2) is 18.6 Å². The van der Waals surface area contributed by atoms with Crippen molar-refractivity contribution in [2.45, 2.75) is 18.9 Å². The number of amides is 1. The van der Waals surface area contributed by atoms with E-state index in [0.29, 0.717) is 5.56 Å². The normalized spacial score (nSPS) is 23.4. The number of hydrogen-bond donors (Lipinski definition) is 1. The third-order valence-corrected chi connectivity index (χ3v) is 2.58. The molecule has 0 spiro atoms. The first-order chi connectivity index (χ1) is 7.50. The lowest BCUT2D eigenvalue weighted by Crippen LogP contribution is -2.49. The number of alkyl halides is 2. The molecule has 0 saturated carbocycles. The van der Waals surface area contributed by atoms with Crippen molar-refractivity contribution in [3.8, 4) is 0 Å². The van der Waals surface area contributed by atoms with Crippen LogP contribution in [0, 0.1) is 6.92 Å². The highest BCUT2D eigenvalue weighted by Gasteiger charge is 2.47. The van der Waals surface area contributed by atoms with E-state index in [1.54, 1.807) is 31.2 Å². The summed E-state index contributed by atoms with van der Waals surface area (Å²) in [5.41, 5.74) is 1.14. The van der Waals surface area contributed by atoms with Crippen molar-refractivity contribution in [3.05, 3.63) is 35.4 Å². The number of carbonyl (C=O) groups excluding carboxylic acids is 1. The van der Waals surface area contributed by atoms with Crippen LogP contribution in [0.15, 0.2) is 24.3 Å². The molecule has 1 aliphatic rings. The number of carbonyl (C=O) groups is 1. The third kappa shape index (κ3) is 1.85. The maximum absolute atomic E-state index is 13.6. The van der Waals surface area contributed by atoms with Crippen LogP contribution in [0.25, 0.3) is 0 Å². The maximum Gasteiger partial charge on any atom is 0.408 e. The number of aryl methyl sites for hydroxylation is 1. The molecular weight excluding hydrogens is 216 g/mol. The van der Waals surface area contributed by atoms with Gasteiger partial charge < -0.3 is 10.1 Å². The molecule has 5 heteroatoms. The summed E-state index contributed by atoms with van der Waals surface area (Å²) in [7, 11) is 0. The number of ether oxygens (including phenoxy) is 1. The average Bonchev–Trinajstić information content (AvgIpc) is 2.23. The highest BCUT2D eigenvalue weighted by atomic mass is 19.3. The van der Waals surface area contributed by atoms with Gasteiger partial charge in [-0.25, -0.2) is 13.6 Å². The van der Waals surface area contributed by atoms with Gasteiger partial charge in [0.2, 0.25) is 0 Å². The lowest BCUT2D eigenvalue weighted by molar-refractivity contribution is -0.104. The van der Waals surface area contributed by atoms with E-state index in [0.717, 1.165) is 5.56 Å². The predicted molar refractivity (Wildman–Crippen MR) is 53.4 cm³/mol. The summed E-state index contributed by atoms with van der Waals surface area (Å²) in [6.07, 6.45) is -0.806. The second-order valence-corrected chi connectivity index (χ2v) is 3.77. The van der Waals surface area contributed by atoms with E-state index >= 15 is 0 Å². The van der Waals surface area contributed by atoms with E-state index in [9.17, 15) is 13.6 Å². The number of benzene rings is 1. The Kier molecular flexibility index (Phi) is 2.53. The van der Waals surface area contributed by atoms with Gasteiger partial charge >= 0.3 is 12.0 Å². The second-order valence-electron chi connectivity index (χ2n) is 3.77. The first-order valence-electron chi connectivity index (χ1n) is 4.87. The molecule has 1 N–H and O–H groups in total. The second kappa shape index (κ2) is 3.73. The van der Waals surface area contributed by atoms with E-state index in [2.05, 4.69) is 10.1 Å². The molecule has 0 radical (unpaired) electrons. The standard InChI is InChI=1S/C11H11F2NO2/c1-7-4-2-3-5-8(7)9-11(12,13)6-16-10(15)14-9/h2-5,9H,6H2,1H3,(H,14,15)/t9-/m1/s1. The summed E-state index contributed by atoms with van der Waals surface area (Å²) in [6.45, 7) is 0.852. The number of cyclic esters (lactones) is 1. The van der Waals surface area contributed by atoms with Gasteiger partial charge in [-0.15, -0.1) is 0 Å². The first-order valence-corrected chi connectivity index (χ1v) is 4.87. The Bertz CT molecular complexity index is 420. The van der Waals surface area contributed by atoms with Crippen LogP contribution in [0.2, 0.25) is 0 Å². The van der Waals surface area contributed by atoms with E-state index in [1.165, 1.54) is 0 Å². The van der Waals surface area contributed by atoms with Gasteiger partial charge in [-0.1, -0.05) is 24.3 Å². The molecule has 1 saturated heterocycles. The maximum atomic E-state index is 13.6. The molecule has 1 amide bonds. The summed E-state index contributed by atoms with van der Waals surface area (Å²) in [5.74, 6) is -3.08. The molecular formula is C11H11F2NO2. The monoisotopic (exact) mass is 227 g/mol. The van der Waals surface area contributed by atoms with Crippen molar-refractivity contribution >= 4 is 6.09 Å². The van der Waals surface area contributed by atoms with Crippen molar-refractivity contribution in [1.29, 1.82) is 0 Å². The van der Waals surface area contributed by atoms with E-state index in [1.807, 2.05) is 0 Å². The van der Waals surface area contributed by atoms with Crippen molar-refractivity contribution < 1.29 is 18.3 Å². The van der Waals surface area contributed by atoms with Crippen molar-refractivity contribution in [2.75, 3.05) is 6.61 Å². The fourth-order valence-corrected chi connectivity index (χ4v) is 1.73. The average molecular weight is 227 g/mol. The minimum Gasteiger partial charge on any atom is -0.443 e. The third-order valence-electron chi connectivity index (χ3n) is 2.58. The van der Waals surface area contributed by atoms with Gasteiger partial charge in [0, 0.05) is 0 Å². The van der Waals surface area contributed by atoms with Crippen LogP contribution in [0.4, 0.5) is 13.6 Å². The summed E-state index contributed by atoms with van der Waals surface area (Å²) < 4.78 is 31.4. The van der Waals surface area contributed by atoms with Gasteiger partial charge in [0.1, 0.15) is 6.04 Å². The smallest absolute Gasteiger partial charge is 0.408 e. The Morgan fingerprint density at radius 2 is 2.12 bits per heavy atom. The molecule has 86 valence electrons. The predicted octanol–water partition coefficient (Wildman–Crippen LogP) is 2.41. The van der Waals surface area contributed by atoms with Crippen molar-refractivity contribution in [3.63, 3.8) is 0 Å². The summed E-state index contributed by atoms with van der Waals surface area (Å²) in [6, 6.07) is 5.43. The van der Waals surface area contributed by atoms with E-state index in [4.69, 9.17) is 0 Å². The first kappa shape index (κ1) is 10.9. The Balaban J connectivity index is 2.38. The zero-order valence-corrected chi connectivity index (χ0v) is 8.67. The molecule has 16 heavy (non-hydrogen) atoms. The molecule has 2 rings (SSSR count). The van der Waals surface area contributed by atoms with Crippen molar-refractivity contribution in [1.82, 2.24) is 5.32 Å². The molecule has 0 aliphatic carbocycles. The van der Waals surface area contributed by atoms with Gasteiger partial charge in [0.15, 0.2) is 6.61 Å². The molecule has 1 atom stereocenters. The Morgan fingerprint density at radius 1 is 1.44 bits per heavy atom. The van der Waals surface area contributed by atoms with Crippen LogP contribution in [0.5, 0.6) is 0 Å². The molecule has 1 aromatic carbocycles. The van der Waals surface area contributed by atoms with Gasteiger partial charge in [-0.05, 0) is 18.1 Å². The van der Waals surface area contributed by atoms with Crippen LogP contribution in [0.1, 0.15) is 17.2 Å². The zero-order valence-electron chi connectivity index (χ0n) is 8.67. The fourth-order valence-electron chi connectivity index (χ4n) is 1.73. The molecule has 1 aromatic rings. The largest absolute Gasteiger partial charge is 0.443 e. The molecule has 0 bridgehead atoms. The highest BCUT2D eigenvalue weighted by molar-refractivity contribution is 5.69. The Labute approximate surface area is 91.4 Å². The van der Waals surface area contributed by atoms with Crippen molar-refractivity contribution in [2.24, 2.45) is 0 Å². The Hall–Kier alpha value is -1.65. The highest BCUT2D eigenvalue weighted by Crippen LogP contribution is 2.35. The molecule has 1 heterocycles. The number of hydrogen-bond acceptors (Lipinski definition) is 2. The lowest BCUT2D eigenvalue weighted by atomic mass is 9.96. The zero-order chi connectivity index (χ0) is 11.8. The van der Waals surface area contributed by atoms with Crippen LogP contribution < -0.4 is 5.32 Å². The number of nitrogens with one attached hydrogen (secondary N) is 1. The van der Waals surface area contributed by atoms with Gasteiger partial charge in [-0.3, -0.25) is 0 Å². The van der Waals surface area contributed by atoms with Gasteiger partial charge in [0.05, 0.1) is 0 Å². The van der Waals surface area contributed by atoms with Crippen LogP contribution in [0.3, 0.4) is 0 Å². The number of halogens is 2. The number of alkyl carbamates (subject to hydrolysis) is 1. The minimum absolute atomic E-state index is 0.421. The molecule has 1 fully saturated rings. The number of rotatable bonds is 1. The minimum atomic E-state index is -3.08. The molecule has 0 unspecified atom stereocenters. The van der Waals surface area contributed by atoms with Crippen LogP contribution in [-0.2, 0) is 4.74 Å². The summed E-state index contributed by atoms with van der Waals surface area (Å²) in [4.78, 5) is 11.0. The summed E-state index contributed by atoms with van der Waals surface area (Å²) in [5, 5.41) is 2.15. The lowest BCUT2D eigenvalue weighted by Gasteiger charge is -2.32. The SMILES string of the molecule is Cc1ccccc1[C@H]1NC(=O)OCC1(F)F. The van der Waals surface area contributed by atoms with E-state index < -0.39 is 24.7 Å². The molecule has 1 aliphatic heterocycles. The summed E-state index contributed by atoms with van der Waals surface area (Å²) >= 11 is 0. The van der Waals surface area contributed by atoms with Crippen LogP contribution >= 0.6 is 0 Å². The molecule has 0 aromatic heterocycles. The van der Waals surface area contributed by atoms with Gasteiger partial charge in [0.25, 0.3) is 0 Å². The fraction of sp³-hybridized carbons (Fsp3) is 0.364. The topological polar surface area (TPSA) is 38.3 Å². The Morgan fingerprint density at radius 3 is 2.81 bits per heavy atom.